The highest BCUT2D eigenvalue weighted by Crippen LogP contribution is 2.60. The first-order valence-corrected chi connectivity index (χ1v) is 7.50. The van der Waals surface area contributed by atoms with Crippen LogP contribution < -0.4 is 0 Å². The lowest BCUT2D eigenvalue weighted by Gasteiger charge is -2.55. The van der Waals surface area contributed by atoms with Crippen molar-refractivity contribution in [3.05, 3.63) is 12.2 Å². The molecule has 4 aliphatic rings. The van der Waals surface area contributed by atoms with Gasteiger partial charge in [0, 0.05) is 5.41 Å². The van der Waals surface area contributed by atoms with Crippen molar-refractivity contribution in [2.75, 3.05) is 0 Å². The van der Waals surface area contributed by atoms with Crippen molar-refractivity contribution in [1.82, 2.24) is 14.8 Å². The van der Waals surface area contributed by atoms with E-state index in [0.29, 0.717) is 5.78 Å². The van der Waals surface area contributed by atoms with Gasteiger partial charge >= 0.3 is 0 Å². The van der Waals surface area contributed by atoms with Gasteiger partial charge in [-0.05, 0) is 56.3 Å². The fourth-order valence-corrected chi connectivity index (χ4v) is 5.19. The molecule has 0 saturated heterocycles. The summed E-state index contributed by atoms with van der Waals surface area (Å²) in [6, 6.07) is 1.90. The maximum atomic E-state index is 12.8. The standard InChI is InChI=1S/C15H18N4O/c16-7-14-17-9-19(18-14)8-13(20)15-4-10-1-11(5-15)3-12(2-10)6-15/h9-12H,1-6,8H2. The van der Waals surface area contributed by atoms with E-state index in [1.165, 1.54) is 30.3 Å². The van der Waals surface area contributed by atoms with E-state index >= 15 is 0 Å². The van der Waals surface area contributed by atoms with Gasteiger partial charge in [0.15, 0.2) is 5.78 Å². The van der Waals surface area contributed by atoms with Gasteiger partial charge in [-0.15, -0.1) is 5.10 Å². The Morgan fingerprint density at radius 2 is 1.90 bits per heavy atom. The van der Waals surface area contributed by atoms with E-state index in [2.05, 4.69) is 10.1 Å². The fourth-order valence-electron chi connectivity index (χ4n) is 5.19. The molecule has 4 fully saturated rings. The fraction of sp³-hybridized carbons (Fsp3) is 0.733. The van der Waals surface area contributed by atoms with Crippen LogP contribution >= 0.6 is 0 Å². The summed E-state index contributed by atoms with van der Waals surface area (Å²) < 4.78 is 1.53. The molecule has 0 spiro atoms. The third-order valence-corrected chi connectivity index (χ3v) is 5.57. The number of carbonyl (C=O) groups excluding carboxylic acids is 1. The van der Waals surface area contributed by atoms with Crippen molar-refractivity contribution in [2.45, 2.75) is 45.1 Å². The van der Waals surface area contributed by atoms with Crippen LogP contribution in [0.5, 0.6) is 0 Å². The molecule has 104 valence electrons. The van der Waals surface area contributed by atoms with Gasteiger partial charge in [0.05, 0.1) is 0 Å². The summed E-state index contributed by atoms with van der Waals surface area (Å²) in [5.41, 5.74) is -0.0898. The van der Waals surface area contributed by atoms with E-state index in [-0.39, 0.29) is 17.8 Å². The van der Waals surface area contributed by atoms with Crippen LogP contribution in [0, 0.1) is 34.5 Å². The highest BCUT2D eigenvalue weighted by Gasteiger charge is 2.54. The van der Waals surface area contributed by atoms with Crippen LogP contribution in [0.25, 0.3) is 0 Å². The third-order valence-electron chi connectivity index (χ3n) is 5.57. The van der Waals surface area contributed by atoms with Crippen molar-refractivity contribution in [1.29, 1.82) is 5.26 Å². The number of nitrogens with zero attached hydrogens (tertiary/aromatic N) is 4. The number of hydrogen-bond acceptors (Lipinski definition) is 4. The Balaban J connectivity index is 1.55. The molecule has 0 atom stereocenters. The van der Waals surface area contributed by atoms with Crippen molar-refractivity contribution < 1.29 is 4.79 Å². The second-order valence-corrected chi connectivity index (χ2v) is 7.00. The van der Waals surface area contributed by atoms with Crippen LogP contribution in [-0.2, 0) is 11.3 Å². The molecule has 4 aliphatic carbocycles. The van der Waals surface area contributed by atoms with Gasteiger partial charge in [-0.3, -0.25) is 4.79 Å². The molecular formula is C15H18N4O. The molecule has 0 unspecified atom stereocenters. The van der Waals surface area contributed by atoms with Crippen molar-refractivity contribution in [3.8, 4) is 6.07 Å². The van der Waals surface area contributed by atoms with Crippen LogP contribution in [-0.4, -0.2) is 20.5 Å². The minimum Gasteiger partial charge on any atom is -0.297 e. The summed E-state index contributed by atoms with van der Waals surface area (Å²) >= 11 is 0. The third kappa shape index (κ3) is 1.78. The first-order chi connectivity index (χ1) is 9.67. The Morgan fingerprint density at radius 3 is 2.40 bits per heavy atom. The average Bonchev–Trinajstić information content (AvgIpc) is 2.85. The van der Waals surface area contributed by atoms with E-state index in [1.807, 2.05) is 6.07 Å². The topological polar surface area (TPSA) is 71.6 Å². The van der Waals surface area contributed by atoms with Crippen molar-refractivity contribution in [3.63, 3.8) is 0 Å². The van der Waals surface area contributed by atoms with E-state index in [4.69, 9.17) is 5.26 Å². The van der Waals surface area contributed by atoms with Gasteiger partial charge in [0.2, 0.25) is 0 Å². The maximum Gasteiger partial charge on any atom is 0.252 e. The highest BCUT2D eigenvalue weighted by molar-refractivity contribution is 5.85. The summed E-state index contributed by atoms with van der Waals surface area (Å²) in [4.78, 5) is 16.7. The Bertz CT molecular complexity index is 562. The SMILES string of the molecule is N#Cc1ncn(CC(=O)C23CC4CC(CC(C4)C2)C3)n1. The molecule has 5 rings (SSSR count). The van der Waals surface area contributed by atoms with Crippen LogP contribution in [0.15, 0.2) is 6.33 Å². The summed E-state index contributed by atoms with van der Waals surface area (Å²) in [5.74, 6) is 2.77. The Kier molecular flexibility index (Phi) is 2.50. The summed E-state index contributed by atoms with van der Waals surface area (Å²) in [5, 5.41) is 12.8. The molecule has 5 nitrogen and oxygen atoms in total. The van der Waals surface area contributed by atoms with E-state index in [9.17, 15) is 4.79 Å². The monoisotopic (exact) mass is 270 g/mol. The lowest BCUT2D eigenvalue weighted by molar-refractivity contribution is -0.144. The van der Waals surface area contributed by atoms with E-state index < -0.39 is 0 Å². The normalized spacial score (nSPS) is 37.9. The summed E-state index contributed by atoms with van der Waals surface area (Å²) in [7, 11) is 0. The van der Waals surface area contributed by atoms with Gasteiger partial charge in [0.1, 0.15) is 18.9 Å². The summed E-state index contributed by atoms with van der Waals surface area (Å²) in [6.07, 6.45) is 8.77. The van der Waals surface area contributed by atoms with Crippen molar-refractivity contribution in [2.24, 2.45) is 23.2 Å². The number of rotatable bonds is 3. The molecule has 0 radical (unpaired) electrons. The predicted octanol–water partition coefficient (Wildman–Crippen LogP) is 1.94. The number of aromatic nitrogens is 3. The molecule has 0 N–H and O–H groups in total. The minimum absolute atomic E-state index is 0.0898. The first-order valence-electron chi connectivity index (χ1n) is 7.50. The number of carbonyl (C=O) groups is 1. The molecule has 4 saturated carbocycles. The van der Waals surface area contributed by atoms with Crippen LogP contribution in [0.3, 0.4) is 0 Å². The largest absolute Gasteiger partial charge is 0.297 e. The number of hydrogen-bond donors (Lipinski definition) is 0. The molecule has 0 aliphatic heterocycles. The molecule has 1 aromatic heterocycles. The molecule has 1 heterocycles. The van der Waals surface area contributed by atoms with Crippen LogP contribution in [0.4, 0.5) is 0 Å². The molecule has 0 aromatic carbocycles. The molecule has 1 aromatic rings. The Labute approximate surface area is 118 Å². The Morgan fingerprint density at radius 1 is 1.30 bits per heavy atom. The second kappa shape index (κ2) is 4.15. The van der Waals surface area contributed by atoms with Gasteiger partial charge in [0.25, 0.3) is 5.82 Å². The van der Waals surface area contributed by atoms with Gasteiger partial charge < -0.3 is 0 Å². The summed E-state index contributed by atoms with van der Waals surface area (Å²) in [6.45, 7) is 0.279. The number of Topliss-reactive ketones (excluding diaryl/α,β-unsaturated/α-hetero) is 1. The second-order valence-electron chi connectivity index (χ2n) is 7.00. The lowest BCUT2D eigenvalue weighted by atomic mass is 9.48. The number of ketones is 1. The zero-order chi connectivity index (χ0) is 13.7. The van der Waals surface area contributed by atoms with Gasteiger partial charge in [-0.1, -0.05) is 0 Å². The average molecular weight is 270 g/mol. The molecule has 20 heavy (non-hydrogen) atoms. The van der Waals surface area contributed by atoms with Gasteiger partial charge in [-0.2, -0.15) is 5.26 Å². The van der Waals surface area contributed by atoms with Crippen molar-refractivity contribution >= 4 is 5.78 Å². The van der Waals surface area contributed by atoms with E-state index in [0.717, 1.165) is 37.0 Å². The highest BCUT2D eigenvalue weighted by atomic mass is 16.1. The van der Waals surface area contributed by atoms with Crippen LogP contribution in [0.2, 0.25) is 0 Å². The van der Waals surface area contributed by atoms with E-state index in [1.54, 1.807) is 0 Å². The molecular weight excluding hydrogens is 252 g/mol. The quantitative estimate of drug-likeness (QED) is 0.841. The molecule has 5 heteroatoms. The zero-order valence-corrected chi connectivity index (χ0v) is 11.5. The minimum atomic E-state index is -0.0898. The number of nitriles is 1. The molecule has 4 bridgehead atoms. The smallest absolute Gasteiger partial charge is 0.252 e. The maximum absolute atomic E-state index is 12.8. The predicted molar refractivity (Wildman–Crippen MR) is 70.3 cm³/mol. The molecule has 0 amide bonds. The first kappa shape index (κ1) is 12.1. The lowest BCUT2D eigenvalue weighted by Crippen LogP contribution is -2.50. The van der Waals surface area contributed by atoms with Crippen LogP contribution in [0.1, 0.15) is 44.3 Å². The zero-order valence-electron chi connectivity index (χ0n) is 11.5. The Hall–Kier alpha value is -1.70. The van der Waals surface area contributed by atoms with Gasteiger partial charge in [-0.25, -0.2) is 9.67 Å².